The Kier molecular flexibility index (Phi) is 1.49. The number of para-hydroxylation sites is 1. The number of hydrogen-bond acceptors (Lipinski definition) is 2. The van der Waals surface area contributed by atoms with Gasteiger partial charge in [0.15, 0.2) is 5.15 Å². The lowest BCUT2D eigenvalue weighted by molar-refractivity contribution is 0.963. The summed E-state index contributed by atoms with van der Waals surface area (Å²) in [4.78, 5) is 0. The van der Waals surface area contributed by atoms with Gasteiger partial charge >= 0.3 is 0 Å². The number of aromatic nitrogens is 3. The van der Waals surface area contributed by atoms with Crippen LogP contribution in [0.2, 0.25) is 5.15 Å². The quantitative estimate of drug-likeness (QED) is 0.562. The first-order chi connectivity index (χ1) is 6.86. The molecule has 0 fully saturated rings. The number of halogens is 1. The second-order valence-electron chi connectivity index (χ2n) is 3.08. The SMILES string of the molecule is Clc1nncn2c1cc1ccccc12. The van der Waals surface area contributed by atoms with Gasteiger partial charge < -0.3 is 0 Å². The molecule has 2 aromatic heterocycles. The number of rotatable bonds is 0. The third-order valence-corrected chi connectivity index (χ3v) is 2.54. The van der Waals surface area contributed by atoms with Crippen LogP contribution in [-0.4, -0.2) is 14.6 Å². The molecular formula is C10H6ClN3. The van der Waals surface area contributed by atoms with Crippen molar-refractivity contribution in [1.29, 1.82) is 0 Å². The van der Waals surface area contributed by atoms with Crippen molar-refractivity contribution in [2.24, 2.45) is 0 Å². The smallest absolute Gasteiger partial charge is 0.175 e. The van der Waals surface area contributed by atoms with Crippen molar-refractivity contribution >= 4 is 28.0 Å². The second kappa shape index (κ2) is 2.69. The summed E-state index contributed by atoms with van der Waals surface area (Å²) in [5.41, 5.74) is 1.99. The Morgan fingerprint density at radius 1 is 1.14 bits per heavy atom. The average molecular weight is 204 g/mol. The molecular weight excluding hydrogens is 198 g/mol. The first kappa shape index (κ1) is 7.76. The summed E-state index contributed by atoms with van der Waals surface area (Å²) in [5, 5.41) is 9.19. The largest absolute Gasteiger partial charge is 0.296 e. The molecule has 0 N–H and O–H groups in total. The fourth-order valence-electron chi connectivity index (χ4n) is 1.64. The lowest BCUT2D eigenvalue weighted by atomic mass is 10.2. The third kappa shape index (κ3) is 0.930. The number of nitrogens with zero attached hydrogens (tertiary/aromatic N) is 3. The van der Waals surface area contributed by atoms with E-state index in [2.05, 4.69) is 10.2 Å². The molecule has 4 heteroatoms. The maximum atomic E-state index is 5.93. The first-order valence-electron chi connectivity index (χ1n) is 4.23. The van der Waals surface area contributed by atoms with Crippen molar-refractivity contribution in [1.82, 2.24) is 14.6 Å². The van der Waals surface area contributed by atoms with Gasteiger partial charge in [-0.3, -0.25) is 4.40 Å². The molecule has 68 valence electrons. The lowest BCUT2D eigenvalue weighted by Gasteiger charge is -1.95. The van der Waals surface area contributed by atoms with Crippen molar-refractivity contribution in [3.63, 3.8) is 0 Å². The van der Waals surface area contributed by atoms with Crippen LogP contribution in [0.25, 0.3) is 16.4 Å². The van der Waals surface area contributed by atoms with Gasteiger partial charge in [0, 0.05) is 5.39 Å². The van der Waals surface area contributed by atoms with Gasteiger partial charge in [0.1, 0.15) is 6.33 Å². The van der Waals surface area contributed by atoms with Crippen molar-refractivity contribution < 1.29 is 0 Å². The Morgan fingerprint density at radius 2 is 2.00 bits per heavy atom. The molecule has 0 saturated heterocycles. The molecule has 0 saturated carbocycles. The van der Waals surface area contributed by atoms with Gasteiger partial charge in [-0.1, -0.05) is 29.8 Å². The van der Waals surface area contributed by atoms with Crippen molar-refractivity contribution in [2.45, 2.75) is 0 Å². The summed E-state index contributed by atoms with van der Waals surface area (Å²) < 4.78 is 1.94. The molecule has 1 aromatic carbocycles. The molecule has 3 aromatic rings. The zero-order valence-corrected chi connectivity index (χ0v) is 7.94. The summed E-state index contributed by atoms with van der Waals surface area (Å²) in [5.74, 6) is 0. The van der Waals surface area contributed by atoms with Gasteiger partial charge in [-0.05, 0) is 12.1 Å². The van der Waals surface area contributed by atoms with Crippen molar-refractivity contribution in [2.75, 3.05) is 0 Å². The molecule has 0 bridgehead atoms. The fourth-order valence-corrected chi connectivity index (χ4v) is 1.83. The fraction of sp³-hybridized carbons (Fsp3) is 0. The highest BCUT2D eigenvalue weighted by Gasteiger charge is 2.05. The molecule has 3 nitrogen and oxygen atoms in total. The van der Waals surface area contributed by atoms with E-state index in [0.717, 1.165) is 16.4 Å². The van der Waals surface area contributed by atoms with E-state index in [0.29, 0.717) is 5.15 Å². The van der Waals surface area contributed by atoms with Gasteiger partial charge in [0.25, 0.3) is 0 Å². The lowest BCUT2D eigenvalue weighted by Crippen LogP contribution is -1.89. The number of fused-ring (bicyclic) bond motifs is 3. The summed E-state index contributed by atoms with van der Waals surface area (Å²) in [6, 6.07) is 10.1. The Labute approximate surface area is 84.9 Å². The van der Waals surface area contributed by atoms with Crippen LogP contribution in [0.5, 0.6) is 0 Å². The molecule has 0 spiro atoms. The first-order valence-corrected chi connectivity index (χ1v) is 4.61. The Bertz CT molecular complexity index is 615. The standard InChI is InChI=1S/C10H6ClN3/c11-10-9-5-7-3-1-2-4-8(7)14(9)6-12-13-10/h1-6H. The minimum atomic E-state index is 0.434. The van der Waals surface area contributed by atoms with Crippen LogP contribution < -0.4 is 0 Å². The summed E-state index contributed by atoms with van der Waals surface area (Å²) in [6.45, 7) is 0. The molecule has 2 heterocycles. The molecule has 14 heavy (non-hydrogen) atoms. The van der Waals surface area contributed by atoms with Crippen LogP contribution in [0.3, 0.4) is 0 Å². The molecule has 0 unspecified atom stereocenters. The number of benzene rings is 1. The van der Waals surface area contributed by atoms with Gasteiger partial charge in [0.2, 0.25) is 0 Å². The zero-order chi connectivity index (χ0) is 9.54. The van der Waals surface area contributed by atoms with Crippen LogP contribution >= 0.6 is 11.6 Å². The third-order valence-electron chi connectivity index (χ3n) is 2.27. The van der Waals surface area contributed by atoms with Crippen molar-refractivity contribution in [3.8, 4) is 0 Å². The summed E-state index contributed by atoms with van der Waals surface area (Å²) >= 11 is 5.93. The molecule has 0 amide bonds. The van der Waals surface area contributed by atoms with Gasteiger partial charge in [0.05, 0.1) is 11.0 Å². The van der Waals surface area contributed by atoms with E-state index >= 15 is 0 Å². The normalized spacial score (nSPS) is 11.2. The van der Waals surface area contributed by atoms with E-state index in [1.54, 1.807) is 6.33 Å². The van der Waals surface area contributed by atoms with E-state index in [1.165, 1.54) is 0 Å². The molecule has 0 aliphatic carbocycles. The van der Waals surface area contributed by atoms with Crippen molar-refractivity contribution in [3.05, 3.63) is 41.8 Å². The van der Waals surface area contributed by atoms with Gasteiger partial charge in [-0.2, -0.15) is 0 Å². The van der Waals surface area contributed by atoms with Crippen LogP contribution in [0.15, 0.2) is 36.7 Å². The van der Waals surface area contributed by atoms with E-state index in [4.69, 9.17) is 11.6 Å². The average Bonchev–Trinajstić information content (AvgIpc) is 2.59. The number of hydrogen-bond donors (Lipinski definition) is 0. The molecule has 3 rings (SSSR count). The van der Waals surface area contributed by atoms with E-state index in [1.807, 2.05) is 34.7 Å². The van der Waals surface area contributed by atoms with E-state index < -0.39 is 0 Å². The van der Waals surface area contributed by atoms with Crippen LogP contribution in [0, 0.1) is 0 Å². The summed E-state index contributed by atoms with van der Waals surface area (Å²) in [6.07, 6.45) is 1.67. The predicted octanol–water partition coefficient (Wildman–Crippen LogP) is 2.54. The Morgan fingerprint density at radius 3 is 2.93 bits per heavy atom. The molecule has 0 radical (unpaired) electrons. The highest BCUT2D eigenvalue weighted by atomic mass is 35.5. The summed E-state index contributed by atoms with van der Waals surface area (Å²) in [7, 11) is 0. The van der Waals surface area contributed by atoms with Gasteiger partial charge in [-0.25, -0.2) is 0 Å². The second-order valence-corrected chi connectivity index (χ2v) is 3.44. The van der Waals surface area contributed by atoms with E-state index in [9.17, 15) is 0 Å². The maximum Gasteiger partial charge on any atom is 0.175 e. The van der Waals surface area contributed by atoms with Crippen LogP contribution in [0.1, 0.15) is 0 Å². The van der Waals surface area contributed by atoms with Crippen LogP contribution in [0.4, 0.5) is 0 Å². The highest BCUT2D eigenvalue weighted by Crippen LogP contribution is 2.22. The topological polar surface area (TPSA) is 30.2 Å². The monoisotopic (exact) mass is 203 g/mol. The maximum absolute atomic E-state index is 5.93. The van der Waals surface area contributed by atoms with Crippen LogP contribution in [-0.2, 0) is 0 Å². The Hall–Kier alpha value is -1.61. The predicted molar refractivity (Wildman–Crippen MR) is 55.5 cm³/mol. The molecule has 0 aliphatic heterocycles. The Balaban J connectivity index is 2.63. The minimum absolute atomic E-state index is 0.434. The zero-order valence-electron chi connectivity index (χ0n) is 7.18. The molecule has 0 aliphatic rings. The highest BCUT2D eigenvalue weighted by molar-refractivity contribution is 6.32. The molecule has 0 atom stereocenters. The van der Waals surface area contributed by atoms with E-state index in [-0.39, 0.29) is 0 Å². The minimum Gasteiger partial charge on any atom is -0.296 e. The van der Waals surface area contributed by atoms with Gasteiger partial charge in [-0.15, -0.1) is 10.2 Å².